The van der Waals surface area contributed by atoms with E-state index < -0.39 is 0 Å². The van der Waals surface area contributed by atoms with Crippen LogP contribution in [0.1, 0.15) is 46.5 Å². The lowest BCUT2D eigenvalue weighted by Crippen LogP contribution is -2.48. The summed E-state index contributed by atoms with van der Waals surface area (Å²) in [6.45, 7) is 8.11. The predicted octanol–water partition coefficient (Wildman–Crippen LogP) is 1.78. The summed E-state index contributed by atoms with van der Waals surface area (Å²) >= 11 is 0. The molecule has 1 aliphatic heterocycles. The summed E-state index contributed by atoms with van der Waals surface area (Å²) in [7, 11) is 0. The number of nitrogens with one attached hydrogen (secondary N) is 1. The first kappa shape index (κ1) is 12.5. The quantitative estimate of drug-likeness (QED) is 0.770. The highest BCUT2D eigenvalue weighted by atomic mass is 16.2. The maximum Gasteiger partial charge on any atom is 0.222 e. The van der Waals surface area contributed by atoms with Gasteiger partial charge in [-0.3, -0.25) is 4.79 Å². The summed E-state index contributed by atoms with van der Waals surface area (Å²) in [6, 6.07) is 0.831. The molecule has 0 aromatic rings. The molecule has 1 rings (SSSR count). The van der Waals surface area contributed by atoms with Gasteiger partial charge < -0.3 is 10.2 Å². The third kappa shape index (κ3) is 3.82. The van der Waals surface area contributed by atoms with Gasteiger partial charge in [-0.15, -0.1) is 0 Å². The van der Waals surface area contributed by atoms with Crippen molar-refractivity contribution in [2.75, 3.05) is 13.1 Å². The lowest BCUT2D eigenvalue weighted by Gasteiger charge is -2.33. The standard InChI is InChI=1S/C12H24N2O/c1-4-12(15)14(10(2)3)9-11-7-5-6-8-13-11/h10-11,13H,4-9H2,1-3H3. The fourth-order valence-electron chi connectivity index (χ4n) is 2.12. The van der Waals surface area contributed by atoms with E-state index in [1.807, 2.05) is 11.8 Å². The van der Waals surface area contributed by atoms with E-state index in [1.165, 1.54) is 19.3 Å². The number of carbonyl (C=O) groups is 1. The Morgan fingerprint density at radius 3 is 2.67 bits per heavy atom. The van der Waals surface area contributed by atoms with Gasteiger partial charge in [-0.1, -0.05) is 13.3 Å². The molecule has 15 heavy (non-hydrogen) atoms. The Labute approximate surface area is 93.2 Å². The fourth-order valence-corrected chi connectivity index (χ4v) is 2.12. The Hall–Kier alpha value is -0.570. The molecule has 1 atom stereocenters. The number of nitrogens with zero attached hydrogens (tertiary/aromatic N) is 1. The molecule has 0 radical (unpaired) electrons. The molecule has 1 unspecified atom stereocenters. The van der Waals surface area contributed by atoms with E-state index in [0.717, 1.165) is 13.1 Å². The number of hydrogen-bond acceptors (Lipinski definition) is 2. The molecular weight excluding hydrogens is 188 g/mol. The van der Waals surface area contributed by atoms with E-state index in [1.54, 1.807) is 0 Å². The summed E-state index contributed by atoms with van der Waals surface area (Å²) in [6.07, 6.45) is 4.40. The molecule has 0 spiro atoms. The van der Waals surface area contributed by atoms with Crippen LogP contribution in [0.5, 0.6) is 0 Å². The molecule has 0 aromatic carbocycles. The molecule has 1 N–H and O–H groups in total. The van der Waals surface area contributed by atoms with E-state index in [0.29, 0.717) is 18.5 Å². The van der Waals surface area contributed by atoms with Gasteiger partial charge in [0.25, 0.3) is 0 Å². The summed E-state index contributed by atoms with van der Waals surface area (Å²) in [4.78, 5) is 13.7. The smallest absolute Gasteiger partial charge is 0.222 e. The Bertz CT molecular complexity index is 198. The SMILES string of the molecule is CCC(=O)N(CC1CCCCN1)C(C)C. The molecule has 0 aliphatic carbocycles. The monoisotopic (exact) mass is 212 g/mol. The normalized spacial score (nSPS) is 21.7. The zero-order valence-corrected chi connectivity index (χ0v) is 10.3. The minimum absolute atomic E-state index is 0.275. The van der Waals surface area contributed by atoms with Crippen LogP contribution in [0.15, 0.2) is 0 Å². The van der Waals surface area contributed by atoms with Gasteiger partial charge in [0, 0.05) is 25.0 Å². The Morgan fingerprint density at radius 1 is 1.47 bits per heavy atom. The van der Waals surface area contributed by atoms with Crippen LogP contribution in [0.25, 0.3) is 0 Å². The molecule has 1 heterocycles. The van der Waals surface area contributed by atoms with Gasteiger partial charge in [0.2, 0.25) is 5.91 Å². The van der Waals surface area contributed by atoms with Crippen molar-refractivity contribution in [3.05, 3.63) is 0 Å². The van der Waals surface area contributed by atoms with Crippen molar-refractivity contribution < 1.29 is 4.79 Å². The third-order valence-electron chi connectivity index (χ3n) is 3.08. The van der Waals surface area contributed by atoms with Gasteiger partial charge in [0.05, 0.1) is 0 Å². The predicted molar refractivity (Wildman–Crippen MR) is 62.8 cm³/mol. The van der Waals surface area contributed by atoms with Gasteiger partial charge in [-0.05, 0) is 33.2 Å². The van der Waals surface area contributed by atoms with Crippen LogP contribution >= 0.6 is 0 Å². The van der Waals surface area contributed by atoms with E-state index >= 15 is 0 Å². The van der Waals surface area contributed by atoms with Gasteiger partial charge in [-0.2, -0.15) is 0 Å². The van der Waals surface area contributed by atoms with Crippen molar-refractivity contribution in [1.82, 2.24) is 10.2 Å². The van der Waals surface area contributed by atoms with Gasteiger partial charge in [0.15, 0.2) is 0 Å². The van der Waals surface area contributed by atoms with Gasteiger partial charge in [-0.25, -0.2) is 0 Å². The van der Waals surface area contributed by atoms with Crippen LogP contribution in [-0.2, 0) is 4.79 Å². The number of piperidine rings is 1. The van der Waals surface area contributed by atoms with E-state index in [4.69, 9.17) is 0 Å². The average Bonchev–Trinajstić information content (AvgIpc) is 2.26. The molecular formula is C12H24N2O. The van der Waals surface area contributed by atoms with E-state index in [2.05, 4.69) is 19.2 Å². The molecule has 1 amide bonds. The zero-order chi connectivity index (χ0) is 11.3. The fraction of sp³-hybridized carbons (Fsp3) is 0.917. The zero-order valence-electron chi connectivity index (χ0n) is 10.3. The van der Waals surface area contributed by atoms with Crippen LogP contribution in [0.2, 0.25) is 0 Å². The number of carbonyl (C=O) groups excluding carboxylic acids is 1. The lowest BCUT2D eigenvalue weighted by atomic mass is 10.0. The second kappa shape index (κ2) is 6.11. The highest BCUT2D eigenvalue weighted by molar-refractivity contribution is 5.76. The molecule has 88 valence electrons. The molecule has 0 saturated carbocycles. The average molecular weight is 212 g/mol. The van der Waals surface area contributed by atoms with Crippen LogP contribution in [0.4, 0.5) is 0 Å². The Balaban J connectivity index is 2.46. The van der Waals surface area contributed by atoms with Crippen molar-refractivity contribution in [2.24, 2.45) is 0 Å². The van der Waals surface area contributed by atoms with Crippen molar-refractivity contribution >= 4 is 5.91 Å². The van der Waals surface area contributed by atoms with Crippen molar-refractivity contribution in [3.63, 3.8) is 0 Å². The molecule has 1 fully saturated rings. The number of hydrogen-bond donors (Lipinski definition) is 1. The number of amides is 1. The first-order valence-corrected chi connectivity index (χ1v) is 6.18. The molecule has 3 heteroatoms. The molecule has 0 bridgehead atoms. The van der Waals surface area contributed by atoms with Crippen LogP contribution in [0, 0.1) is 0 Å². The van der Waals surface area contributed by atoms with Crippen LogP contribution in [0.3, 0.4) is 0 Å². The highest BCUT2D eigenvalue weighted by Crippen LogP contribution is 2.11. The summed E-state index contributed by atoms with van der Waals surface area (Å²) in [5.41, 5.74) is 0. The Kier molecular flexibility index (Phi) is 5.09. The topological polar surface area (TPSA) is 32.3 Å². The first-order valence-electron chi connectivity index (χ1n) is 6.18. The van der Waals surface area contributed by atoms with Gasteiger partial charge in [0.1, 0.15) is 0 Å². The second-order valence-electron chi connectivity index (χ2n) is 4.64. The summed E-state index contributed by atoms with van der Waals surface area (Å²) in [5.74, 6) is 0.275. The lowest BCUT2D eigenvalue weighted by molar-refractivity contribution is -0.133. The summed E-state index contributed by atoms with van der Waals surface area (Å²) < 4.78 is 0. The maximum absolute atomic E-state index is 11.7. The molecule has 1 aliphatic rings. The largest absolute Gasteiger partial charge is 0.339 e. The van der Waals surface area contributed by atoms with Crippen molar-refractivity contribution in [3.8, 4) is 0 Å². The van der Waals surface area contributed by atoms with Crippen LogP contribution < -0.4 is 5.32 Å². The minimum atomic E-state index is 0.275. The number of rotatable bonds is 4. The highest BCUT2D eigenvalue weighted by Gasteiger charge is 2.21. The van der Waals surface area contributed by atoms with Crippen molar-refractivity contribution in [2.45, 2.75) is 58.5 Å². The maximum atomic E-state index is 11.7. The third-order valence-corrected chi connectivity index (χ3v) is 3.08. The molecule has 0 aromatic heterocycles. The van der Waals surface area contributed by atoms with Crippen molar-refractivity contribution in [1.29, 1.82) is 0 Å². The van der Waals surface area contributed by atoms with E-state index in [9.17, 15) is 4.79 Å². The van der Waals surface area contributed by atoms with Gasteiger partial charge >= 0.3 is 0 Å². The minimum Gasteiger partial charge on any atom is -0.339 e. The first-order chi connectivity index (χ1) is 7.15. The summed E-state index contributed by atoms with van der Waals surface area (Å²) in [5, 5.41) is 3.49. The van der Waals surface area contributed by atoms with Crippen LogP contribution in [-0.4, -0.2) is 36.0 Å². The van der Waals surface area contributed by atoms with E-state index in [-0.39, 0.29) is 5.91 Å². The Morgan fingerprint density at radius 2 is 2.20 bits per heavy atom. The second-order valence-corrected chi connectivity index (χ2v) is 4.64. The molecule has 1 saturated heterocycles. The molecule has 3 nitrogen and oxygen atoms in total.